The molecule has 6 nitrogen and oxygen atoms in total. The van der Waals surface area contributed by atoms with E-state index in [4.69, 9.17) is 4.74 Å². The van der Waals surface area contributed by atoms with Crippen molar-refractivity contribution in [1.82, 2.24) is 9.80 Å². The van der Waals surface area contributed by atoms with Crippen LogP contribution in [0, 0.1) is 0 Å². The molecule has 1 fully saturated rings. The number of hydrogen-bond donors (Lipinski definition) is 1. The highest BCUT2D eigenvalue weighted by molar-refractivity contribution is 6.01. The predicted molar refractivity (Wildman–Crippen MR) is 126 cm³/mol. The van der Waals surface area contributed by atoms with E-state index >= 15 is 0 Å². The van der Waals surface area contributed by atoms with Crippen LogP contribution in [-0.4, -0.2) is 53.5 Å². The monoisotopic (exact) mass is 498 g/mol. The molecule has 0 atom stereocenters. The number of amides is 1. The second-order valence-electron chi connectivity index (χ2n) is 8.97. The number of nitrogens with zero attached hydrogens (tertiary/aromatic N) is 2. The minimum absolute atomic E-state index is 0.0821. The van der Waals surface area contributed by atoms with E-state index in [0.717, 1.165) is 44.0 Å². The Bertz CT molecular complexity index is 1240. The first-order chi connectivity index (χ1) is 17.2. The predicted octanol–water partition coefficient (Wildman–Crippen LogP) is 4.95. The van der Waals surface area contributed by atoms with Crippen molar-refractivity contribution >= 4 is 5.91 Å². The molecular weight excluding hydrogens is 473 g/mol. The molecule has 0 unspecified atom stereocenters. The number of benzene rings is 3. The molecule has 3 aromatic rings. The molecule has 0 saturated carbocycles. The minimum atomic E-state index is -4.76. The van der Waals surface area contributed by atoms with Gasteiger partial charge in [0.1, 0.15) is 11.5 Å². The van der Waals surface area contributed by atoms with Gasteiger partial charge in [-0.2, -0.15) is 0 Å². The van der Waals surface area contributed by atoms with Crippen LogP contribution < -0.4 is 4.74 Å². The maximum absolute atomic E-state index is 12.9. The van der Waals surface area contributed by atoms with Gasteiger partial charge in [-0.05, 0) is 52.1 Å². The summed E-state index contributed by atoms with van der Waals surface area (Å²) in [6.07, 6.45) is -4.76. The summed E-state index contributed by atoms with van der Waals surface area (Å²) in [4.78, 5) is 16.8. The number of aromatic hydroxyl groups is 1. The van der Waals surface area contributed by atoms with Crippen molar-refractivity contribution in [2.45, 2.75) is 26.0 Å². The molecule has 0 bridgehead atoms. The standard InChI is InChI=1S/C27H25F3N2O4/c28-27(29,30)36-23-7-3-19(4-8-23)16-32-17-22-13-21(14-24(33)25(22)26(32)34)20-5-1-18(2-6-20)15-31-9-11-35-12-10-31/h1-8,13-14,33H,9-12,15-17H2. The third-order valence-corrected chi connectivity index (χ3v) is 6.39. The van der Waals surface area contributed by atoms with Crippen LogP contribution in [0.1, 0.15) is 27.0 Å². The fraction of sp³-hybridized carbons (Fsp3) is 0.296. The zero-order chi connectivity index (χ0) is 25.3. The van der Waals surface area contributed by atoms with Gasteiger partial charge in [-0.15, -0.1) is 13.2 Å². The smallest absolute Gasteiger partial charge is 0.507 e. The van der Waals surface area contributed by atoms with E-state index in [1.165, 1.54) is 29.8 Å². The summed E-state index contributed by atoms with van der Waals surface area (Å²) in [6.45, 7) is 4.68. The van der Waals surface area contributed by atoms with Crippen LogP contribution in [-0.2, 0) is 24.4 Å². The van der Waals surface area contributed by atoms with Gasteiger partial charge in [-0.3, -0.25) is 9.69 Å². The Morgan fingerprint density at radius 1 is 0.889 bits per heavy atom. The highest BCUT2D eigenvalue weighted by Gasteiger charge is 2.32. The molecule has 1 saturated heterocycles. The van der Waals surface area contributed by atoms with E-state index in [2.05, 4.69) is 21.8 Å². The molecule has 36 heavy (non-hydrogen) atoms. The first kappa shape index (κ1) is 24.1. The zero-order valence-corrected chi connectivity index (χ0v) is 19.4. The molecule has 1 N–H and O–H groups in total. The molecule has 0 radical (unpaired) electrons. The van der Waals surface area contributed by atoms with Gasteiger partial charge >= 0.3 is 6.36 Å². The van der Waals surface area contributed by atoms with Gasteiger partial charge < -0.3 is 19.5 Å². The first-order valence-corrected chi connectivity index (χ1v) is 11.6. The lowest BCUT2D eigenvalue weighted by atomic mass is 9.98. The fourth-order valence-corrected chi connectivity index (χ4v) is 4.62. The molecule has 0 aliphatic carbocycles. The largest absolute Gasteiger partial charge is 0.573 e. The van der Waals surface area contributed by atoms with E-state index in [9.17, 15) is 23.1 Å². The number of hydrogen-bond acceptors (Lipinski definition) is 5. The van der Waals surface area contributed by atoms with Crippen molar-refractivity contribution in [2.24, 2.45) is 0 Å². The molecule has 0 aromatic heterocycles. The quantitative estimate of drug-likeness (QED) is 0.522. The topological polar surface area (TPSA) is 62.2 Å². The number of fused-ring (bicyclic) bond motifs is 1. The molecule has 2 aliphatic heterocycles. The molecule has 0 spiro atoms. The average molecular weight is 499 g/mol. The summed E-state index contributed by atoms with van der Waals surface area (Å²) in [5, 5.41) is 10.7. The van der Waals surface area contributed by atoms with Gasteiger partial charge in [0.2, 0.25) is 0 Å². The lowest BCUT2D eigenvalue weighted by Crippen LogP contribution is -2.35. The third kappa shape index (κ3) is 5.47. The summed E-state index contributed by atoms with van der Waals surface area (Å²) in [7, 11) is 0. The van der Waals surface area contributed by atoms with Gasteiger partial charge in [0.05, 0.1) is 18.8 Å². The lowest BCUT2D eigenvalue weighted by molar-refractivity contribution is -0.274. The van der Waals surface area contributed by atoms with E-state index in [0.29, 0.717) is 17.7 Å². The van der Waals surface area contributed by atoms with E-state index in [1.807, 2.05) is 18.2 Å². The Morgan fingerprint density at radius 2 is 1.53 bits per heavy atom. The molecule has 2 heterocycles. The van der Waals surface area contributed by atoms with Gasteiger partial charge in [0, 0.05) is 32.7 Å². The minimum Gasteiger partial charge on any atom is -0.507 e. The number of morpholine rings is 1. The fourth-order valence-electron chi connectivity index (χ4n) is 4.62. The number of halogens is 3. The number of carbonyl (C=O) groups is 1. The maximum Gasteiger partial charge on any atom is 0.573 e. The lowest BCUT2D eigenvalue weighted by Gasteiger charge is -2.26. The van der Waals surface area contributed by atoms with Crippen molar-refractivity contribution < 1.29 is 32.5 Å². The average Bonchev–Trinajstić information content (AvgIpc) is 3.16. The van der Waals surface area contributed by atoms with Crippen LogP contribution in [0.15, 0.2) is 60.7 Å². The van der Waals surface area contributed by atoms with Crippen molar-refractivity contribution in [3.63, 3.8) is 0 Å². The van der Waals surface area contributed by atoms with Crippen molar-refractivity contribution in [3.05, 3.63) is 82.9 Å². The SMILES string of the molecule is O=C1c2c(O)cc(-c3ccc(CN4CCOCC4)cc3)cc2CN1Cc1ccc(OC(F)(F)F)cc1. The number of phenolic OH excluding ortho intramolecular Hbond substituents is 1. The van der Waals surface area contributed by atoms with Gasteiger partial charge in [0.15, 0.2) is 0 Å². The Morgan fingerprint density at radius 3 is 2.19 bits per heavy atom. The van der Waals surface area contributed by atoms with E-state index in [1.54, 1.807) is 11.0 Å². The van der Waals surface area contributed by atoms with Crippen LogP contribution in [0.5, 0.6) is 11.5 Å². The summed E-state index contributed by atoms with van der Waals surface area (Å²) < 4.78 is 46.4. The van der Waals surface area contributed by atoms with Crippen LogP contribution in [0.2, 0.25) is 0 Å². The second kappa shape index (κ2) is 9.83. The summed E-state index contributed by atoms with van der Waals surface area (Å²) in [5.41, 5.74) is 4.57. The number of phenols is 1. The van der Waals surface area contributed by atoms with Crippen LogP contribution >= 0.6 is 0 Å². The molecule has 3 aromatic carbocycles. The van der Waals surface area contributed by atoms with Gasteiger partial charge in [-0.25, -0.2) is 0 Å². The van der Waals surface area contributed by atoms with Crippen LogP contribution in [0.25, 0.3) is 11.1 Å². The maximum atomic E-state index is 12.9. The molecule has 5 rings (SSSR count). The van der Waals surface area contributed by atoms with Crippen LogP contribution in [0.3, 0.4) is 0 Å². The highest BCUT2D eigenvalue weighted by atomic mass is 19.4. The number of rotatable bonds is 6. The number of carbonyl (C=O) groups excluding carboxylic acids is 1. The normalized spacial score (nSPS) is 16.3. The molecule has 2 aliphatic rings. The summed E-state index contributed by atoms with van der Waals surface area (Å²) >= 11 is 0. The van der Waals surface area contributed by atoms with Crippen molar-refractivity contribution in [1.29, 1.82) is 0 Å². The van der Waals surface area contributed by atoms with Crippen molar-refractivity contribution in [3.8, 4) is 22.6 Å². The van der Waals surface area contributed by atoms with E-state index in [-0.39, 0.29) is 29.5 Å². The number of alkyl halides is 3. The third-order valence-electron chi connectivity index (χ3n) is 6.39. The molecular formula is C27H25F3N2O4. The number of ether oxygens (including phenoxy) is 2. The molecule has 9 heteroatoms. The van der Waals surface area contributed by atoms with Gasteiger partial charge in [0.25, 0.3) is 5.91 Å². The van der Waals surface area contributed by atoms with E-state index < -0.39 is 6.36 Å². The van der Waals surface area contributed by atoms with Gasteiger partial charge in [-0.1, -0.05) is 36.4 Å². The Labute approximate surface area is 206 Å². The molecule has 1 amide bonds. The zero-order valence-electron chi connectivity index (χ0n) is 19.4. The Balaban J connectivity index is 1.28. The van der Waals surface area contributed by atoms with Crippen LogP contribution in [0.4, 0.5) is 13.2 Å². The summed E-state index contributed by atoms with van der Waals surface area (Å²) in [5.74, 6) is -0.715. The molecule has 188 valence electrons. The summed E-state index contributed by atoms with van der Waals surface area (Å²) in [6, 6.07) is 17.1. The highest BCUT2D eigenvalue weighted by Crippen LogP contribution is 2.36. The second-order valence-corrected chi connectivity index (χ2v) is 8.97. The Hall–Kier alpha value is -3.56. The first-order valence-electron chi connectivity index (χ1n) is 11.6. The van der Waals surface area contributed by atoms with Crippen molar-refractivity contribution in [2.75, 3.05) is 26.3 Å². The Kier molecular flexibility index (Phi) is 6.59.